The second-order valence-electron chi connectivity index (χ2n) is 4.92. The maximum atomic E-state index is 13.3. The van der Waals surface area contributed by atoms with Gasteiger partial charge < -0.3 is 10.0 Å². The van der Waals surface area contributed by atoms with Crippen LogP contribution >= 0.6 is 0 Å². The van der Waals surface area contributed by atoms with Gasteiger partial charge in [0, 0.05) is 18.2 Å². The molecule has 0 saturated carbocycles. The van der Waals surface area contributed by atoms with E-state index in [1.165, 1.54) is 12.1 Å². The molecule has 0 spiro atoms. The van der Waals surface area contributed by atoms with Crippen LogP contribution in [0.4, 0.5) is 4.39 Å². The zero-order valence-electron chi connectivity index (χ0n) is 11.3. The van der Waals surface area contributed by atoms with E-state index in [2.05, 4.69) is 0 Å². The highest BCUT2D eigenvalue weighted by Gasteiger charge is 2.20. The number of halogens is 1. The van der Waals surface area contributed by atoms with Crippen LogP contribution in [0.3, 0.4) is 0 Å². The van der Waals surface area contributed by atoms with Gasteiger partial charge in [-0.2, -0.15) is 0 Å². The van der Waals surface area contributed by atoms with Gasteiger partial charge in [-0.15, -0.1) is 0 Å². The minimum absolute atomic E-state index is 0.0457. The van der Waals surface area contributed by atoms with Crippen molar-refractivity contribution in [3.05, 3.63) is 35.1 Å². The van der Waals surface area contributed by atoms with Crippen molar-refractivity contribution in [3.63, 3.8) is 0 Å². The number of carbonyl (C=O) groups excluding carboxylic acids is 1. The van der Waals surface area contributed by atoms with Gasteiger partial charge in [-0.05, 0) is 51.5 Å². The van der Waals surface area contributed by atoms with E-state index in [-0.39, 0.29) is 18.5 Å². The Morgan fingerprint density at radius 2 is 1.94 bits per heavy atom. The maximum Gasteiger partial charge on any atom is 0.254 e. The van der Waals surface area contributed by atoms with E-state index in [0.29, 0.717) is 11.1 Å². The van der Waals surface area contributed by atoms with E-state index >= 15 is 0 Å². The Bertz CT molecular complexity index is 410. The molecule has 18 heavy (non-hydrogen) atoms. The third kappa shape index (κ3) is 3.81. The molecular weight excluding hydrogens is 233 g/mol. The Balaban J connectivity index is 3.01. The number of aliphatic hydroxyl groups excluding tert-OH is 1. The van der Waals surface area contributed by atoms with Crippen molar-refractivity contribution in [2.24, 2.45) is 0 Å². The number of aliphatic hydroxyl groups is 1. The third-order valence-electron chi connectivity index (χ3n) is 2.63. The molecule has 0 bridgehead atoms. The molecule has 1 N–H and O–H groups in total. The fraction of sp³-hybridized carbons (Fsp3) is 0.500. The molecule has 1 atom stereocenters. The van der Waals surface area contributed by atoms with Gasteiger partial charge in [-0.3, -0.25) is 4.79 Å². The average Bonchev–Trinajstić information content (AvgIpc) is 2.23. The number of rotatable bonds is 4. The Labute approximate surface area is 107 Å². The van der Waals surface area contributed by atoms with Crippen LogP contribution in [0.5, 0.6) is 0 Å². The predicted octanol–water partition coefficient (Wildman–Crippen LogP) is 2.37. The van der Waals surface area contributed by atoms with E-state index in [0.717, 1.165) is 0 Å². The summed E-state index contributed by atoms with van der Waals surface area (Å²) in [4.78, 5) is 13.8. The van der Waals surface area contributed by atoms with Crippen molar-refractivity contribution in [1.82, 2.24) is 4.90 Å². The molecule has 0 aromatic heterocycles. The minimum atomic E-state index is -0.606. The van der Waals surface area contributed by atoms with Gasteiger partial charge in [-0.25, -0.2) is 4.39 Å². The zero-order valence-corrected chi connectivity index (χ0v) is 11.3. The number of hydrogen-bond donors (Lipinski definition) is 1. The summed E-state index contributed by atoms with van der Waals surface area (Å²) in [7, 11) is 0. The molecule has 0 fully saturated rings. The highest BCUT2D eigenvalue weighted by molar-refractivity contribution is 5.94. The van der Waals surface area contributed by atoms with Crippen LogP contribution in [-0.2, 0) is 0 Å². The standard InChI is InChI=1S/C14H20FNO2/c1-9(2)16(8-11(4)17)14(18)12-5-10(3)6-13(15)7-12/h5-7,9,11,17H,8H2,1-4H3. The summed E-state index contributed by atoms with van der Waals surface area (Å²) in [6.45, 7) is 7.35. The third-order valence-corrected chi connectivity index (χ3v) is 2.63. The van der Waals surface area contributed by atoms with Crippen molar-refractivity contribution in [2.45, 2.75) is 39.8 Å². The van der Waals surface area contributed by atoms with Gasteiger partial charge in [0.2, 0.25) is 0 Å². The molecule has 0 heterocycles. The van der Waals surface area contributed by atoms with Crippen LogP contribution in [0.25, 0.3) is 0 Å². The predicted molar refractivity (Wildman–Crippen MR) is 69.0 cm³/mol. The van der Waals surface area contributed by atoms with Crippen LogP contribution in [0.2, 0.25) is 0 Å². The number of amides is 1. The molecule has 0 aliphatic rings. The summed E-state index contributed by atoms with van der Waals surface area (Å²) in [6.07, 6.45) is -0.606. The fourth-order valence-corrected chi connectivity index (χ4v) is 1.84. The monoisotopic (exact) mass is 253 g/mol. The number of carbonyl (C=O) groups is 1. The SMILES string of the molecule is Cc1cc(F)cc(C(=O)N(CC(C)O)C(C)C)c1. The first-order valence-corrected chi connectivity index (χ1v) is 6.07. The average molecular weight is 253 g/mol. The Morgan fingerprint density at radius 1 is 1.33 bits per heavy atom. The number of benzene rings is 1. The van der Waals surface area contributed by atoms with E-state index < -0.39 is 11.9 Å². The topological polar surface area (TPSA) is 40.5 Å². The molecule has 0 aliphatic carbocycles. The molecular formula is C14H20FNO2. The van der Waals surface area contributed by atoms with Gasteiger partial charge in [0.15, 0.2) is 0 Å². The summed E-state index contributed by atoms with van der Waals surface area (Å²) < 4.78 is 13.3. The molecule has 0 radical (unpaired) electrons. The van der Waals surface area contributed by atoms with Gasteiger partial charge in [0.25, 0.3) is 5.91 Å². The highest BCUT2D eigenvalue weighted by Crippen LogP contribution is 2.13. The molecule has 100 valence electrons. The van der Waals surface area contributed by atoms with E-state index in [1.54, 1.807) is 24.8 Å². The highest BCUT2D eigenvalue weighted by atomic mass is 19.1. The lowest BCUT2D eigenvalue weighted by Crippen LogP contribution is -2.41. The summed E-state index contributed by atoms with van der Waals surface area (Å²) in [6, 6.07) is 4.22. The number of hydrogen-bond acceptors (Lipinski definition) is 2. The van der Waals surface area contributed by atoms with Crippen molar-refractivity contribution in [1.29, 1.82) is 0 Å². The molecule has 1 aromatic carbocycles. The van der Waals surface area contributed by atoms with Crippen LogP contribution in [0.15, 0.2) is 18.2 Å². The number of aryl methyl sites for hydroxylation is 1. The quantitative estimate of drug-likeness (QED) is 0.895. The molecule has 1 amide bonds. The number of nitrogens with zero attached hydrogens (tertiary/aromatic N) is 1. The fourth-order valence-electron chi connectivity index (χ4n) is 1.84. The molecule has 0 saturated heterocycles. The summed E-state index contributed by atoms with van der Waals surface area (Å²) in [5, 5.41) is 9.41. The Kier molecular flexibility index (Phi) is 4.84. The minimum Gasteiger partial charge on any atom is -0.392 e. The van der Waals surface area contributed by atoms with Crippen LogP contribution < -0.4 is 0 Å². The van der Waals surface area contributed by atoms with Gasteiger partial charge in [0.05, 0.1) is 6.10 Å². The van der Waals surface area contributed by atoms with Gasteiger partial charge in [-0.1, -0.05) is 0 Å². The van der Waals surface area contributed by atoms with Crippen LogP contribution in [0, 0.1) is 12.7 Å². The molecule has 1 rings (SSSR count). The Hall–Kier alpha value is -1.42. The van der Waals surface area contributed by atoms with Crippen LogP contribution in [-0.4, -0.2) is 34.6 Å². The second kappa shape index (κ2) is 5.96. The van der Waals surface area contributed by atoms with Crippen molar-refractivity contribution >= 4 is 5.91 Å². The largest absolute Gasteiger partial charge is 0.392 e. The van der Waals surface area contributed by atoms with E-state index in [1.807, 2.05) is 13.8 Å². The van der Waals surface area contributed by atoms with Crippen molar-refractivity contribution in [3.8, 4) is 0 Å². The molecule has 1 aromatic rings. The molecule has 1 unspecified atom stereocenters. The smallest absolute Gasteiger partial charge is 0.254 e. The van der Waals surface area contributed by atoms with E-state index in [4.69, 9.17) is 0 Å². The lowest BCUT2D eigenvalue weighted by Gasteiger charge is -2.28. The molecule has 3 nitrogen and oxygen atoms in total. The maximum absolute atomic E-state index is 13.3. The zero-order chi connectivity index (χ0) is 13.9. The molecule has 0 aliphatic heterocycles. The van der Waals surface area contributed by atoms with Gasteiger partial charge >= 0.3 is 0 Å². The molecule has 4 heteroatoms. The lowest BCUT2D eigenvalue weighted by molar-refractivity contribution is 0.0578. The van der Waals surface area contributed by atoms with E-state index in [9.17, 15) is 14.3 Å². The summed E-state index contributed by atoms with van der Waals surface area (Å²) in [5.74, 6) is -0.674. The summed E-state index contributed by atoms with van der Waals surface area (Å²) >= 11 is 0. The lowest BCUT2D eigenvalue weighted by atomic mass is 10.1. The van der Waals surface area contributed by atoms with Gasteiger partial charge in [0.1, 0.15) is 5.82 Å². The van der Waals surface area contributed by atoms with Crippen LogP contribution in [0.1, 0.15) is 36.7 Å². The first kappa shape index (κ1) is 14.6. The Morgan fingerprint density at radius 3 is 2.39 bits per heavy atom. The van der Waals surface area contributed by atoms with Crippen molar-refractivity contribution in [2.75, 3.05) is 6.54 Å². The normalized spacial score (nSPS) is 12.6. The second-order valence-corrected chi connectivity index (χ2v) is 4.92. The first-order chi connectivity index (χ1) is 8.31. The summed E-state index contributed by atoms with van der Waals surface area (Å²) in [5.41, 5.74) is 1.03. The van der Waals surface area contributed by atoms with Crippen molar-refractivity contribution < 1.29 is 14.3 Å². The first-order valence-electron chi connectivity index (χ1n) is 6.07.